The summed E-state index contributed by atoms with van der Waals surface area (Å²) in [4.78, 5) is 2.28. The molecule has 0 fully saturated rings. The zero-order chi connectivity index (χ0) is 11.4. The van der Waals surface area contributed by atoms with E-state index in [4.69, 9.17) is 0 Å². The highest BCUT2D eigenvalue weighted by Crippen LogP contribution is 1.97. The lowest BCUT2D eigenvalue weighted by Gasteiger charge is -2.15. The largest absolute Gasteiger partial charge is 0.292 e. The van der Waals surface area contributed by atoms with Gasteiger partial charge < -0.3 is 0 Å². The molecule has 0 aliphatic heterocycles. The second-order valence-corrected chi connectivity index (χ2v) is 3.49. The lowest BCUT2D eigenvalue weighted by molar-refractivity contribution is 0.373. The van der Waals surface area contributed by atoms with Gasteiger partial charge in [-0.3, -0.25) is 4.90 Å². The number of hydrogen-bond donors (Lipinski definition) is 0. The van der Waals surface area contributed by atoms with E-state index in [1.54, 1.807) is 0 Å². The molecule has 0 radical (unpaired) electrons. The maximum atomic E-state index is 3.74. The normalized spacial score (nSPS) is 10.7. The van der Waals surface area contributed by atoms with Crippen LogP contribution in [0.2, 0.25) is 0 Å². The second kappa shape index (κ2) is 11.0. The van der Waals surface area contributed by atoms with Crippen LogP contribution >= 0.6 is 0 Å². The van der Waals surface area contributed by atoms with Gasteiger partial charge in [0, 0.05) is 19.6 Å². The van der Waals surface area contributed by atoms with Crippen LogP contribution < -0.4 is 0 Å². The van der Waals surface area contributed by atoms with Crippen LogP contribution in [0.25, 0.3) is 0 Å². The molecule has 0 heterocycles. The molecule has 0 N–H and O–H groups in total. The lowest BCUT2D eigenvalue weighted by atomic mass is 10.2. The predicted octanol–water partition coefficient (Wildman–Crippen LogP) is 3.57. The first-order valence-corrected chi connectivity index (χ1v) is 5.55. The van der Waals surface area contributed by atoms with Crippen molar-refractivity contribution >= 4 is 0 Å². The van der Waals surface area contributed by atoms with Crippen molar-refractivity contribution in [3.05, 3.63) is 50.1 Å². The Kier molecular flexibility index (Phi) is 10.2. The molecule has 0 unspecified atom stereocenters. The van der Waals surface area contributed by atoms with Crippen molar-refractivity contribution in [1.82, 2.24) is 4.90 Å². The Bertz CT molecular complexity index is 193. The summed E-state index contributed by atoms with van der Waals surface area (Å²) >= 11 is 0. The molecular formula is C14H23N. The molecule has 0 saturated carbocycles. The van der Waals surface area contributed by atoms with Gasteiger partial charge >= 0.3 is 0 Å². The third-order valence-corrected chi connectivity index (χ3v) is 2.08. The Labute approximate surface area is 94.5 Å². The molecule has 0 rings (SSSR count). The first kappa shape index (κ1) is 13.9. The highest BCUT2D eigenvalue weighted by Gasteiger charge is 1.95. The Hall–Kier alpha value is -1.08. The smallest absolute Gasteiger partial charge is 0.0169 e. The fourth-order valence-electron chi connectivity index (χ4n) is 1.31. The van der Waals surface area contributed by atoms with Crippen LogP contribution in [-0.4, -0.2) is 24.5 Å². The van der Waals surface area contributed by atoms with Crippen molar-refractivity contribution in [1.29, 1.82) is 0 Å². The number of unbranched alkanes of at least 4 members (excludes halogenated alkanes) is 2. The average Bonchev–Trinajstić information content (AvgIpc) is 2.24. The Morgan fingerprint density at radius 3 is 1.93 bits per heavy atom. The molecule has 0 aromatic rings. The van der Waals surface area contributed by atoms with Gasteiger partial charge in [0.1, 0.15) is 0 Å². The van der Waals surface area contributed by atoms with E-state index in [1.807, 2.05) is 18.2 Å². The first-order valence-electron chi connectivity index (χ1n) is 5.55. The lowest BCUT2D eigenvalue weighted by Crippen LogP contribution is -2.23. The molecule has 0 amide bonds. The molecule has 1 heteroatoms. The third kappa shape index (κ3) is 9.23. The molecule has 0 aliphatic carbocycles. The topological polar surface area (TPSA) is 3.24 Å². The van der Waals surface area contributed by atoms with E-state index in [0.29, 0.717) is 0 Å². The van der Waals surface area contributed by atoms with E-state index < -0.39 is 0 Å². The number of hydrogen-bond acceptors (Lipinski definition) is 1. The van der Waals surface area contributed by atoms with Gasteiger partial charge in [0.25, 0.3) is 0 Å². The summed E-state index contributed by atoms with van der Waals surface area (Å²) in [5.41, 5.74) is 0. The standard InChI is InChI=1S/C14H23N/c1-4-7-8-9-10-11-14-15(12-5-2)13-6-3/h4-6,10-11H,1-3,7-9,12-14H2/b11-10+. The van der Waals surface area contributed by atoms with Crippen LogP contribution in [0.5, 0.6) is 0 Å². The van der Waals surface area contributed by atoms with Crippen LogP contribution in [-0.2, 0) is 0 Å². The molecule has 0 saturated heterocycles. The maximum Gasteiger partial charge on any atom is 0.0169 e. The van der Waals surface area contributed by atoms with E-state index in [2.05, 4.69) is 36.8 Å². The molecule has 0 spiro atoms. The van der Waals surface area contributed by atoms with Gasteiger partial charge in [-0.05, 0) is 19.3 Å². The summed E-state index contributed by atoms with van der Waals surface area (Å²) in [5, 5.41) is 0. The molecular weight excluding hydrogens is 182 g/mol. The van der Waals surface area contributed by atoms with Crippen LogP contribution in [0, 0.1) is 0 Å². The molecule has 0 aromatic heterocycles. The Balaban J connectivity index is 3.62. The van der Waals surface area contributed by atoms with Crippen molar-refractivity contribution < 1.29 is 0 Å². The van der Waals surface area contributed by atoms with Crippen molar-refractivity contribution in [2.45, 2.75) is 19.3 Å². The van der Waals surface area contributed by atoms with Gasteiger partial charge in [0.15, 0.2) is 0 Å². The molecule has 0 atom stereocenters. The fraction of sp³-hybridized carbons (Fsp3) is 0.429. The highest BCUT2D eigenvalue weighted by atomic mass is 15.1. The minimum Gasteiger partial charge on any atom is -0.292 e. The molecule has 0 bridgehead atoms. The average molecular weight is 205 g/mol. The van der Waals surface area contributed by atoms with Gasteiger partial charge in [-0.15, -0.1) is 19.7 Å². The zero-order valence-corrected chi connectivity index (χ0v) is 9.70. The molecule has 0 aromatic carbocycles. The van der Waals surface area contributed by atoms with Crippen LogP contribution in [0.3, 0.4) is 0 Å². The van der Waals surface area contributed by atoms with Gasteiger partial charge in [0.05, 0.1) is 0 Å². The maximum absolute atomic E-state index is 3.74. The fourth-order valence-corrected chi connectivity index (χ4v) is 1.31. The molecule has 84 valence electrons. The van der Waals surface area contributed by atoms with Gasteiger partial charge in [-0.25, -0.2) is 0 Å². The summed E-state index contributed by atoms with van der Waals surface area (Å²) in [5.74, 6) is 0. The minimum absolute atomic E-state index is 0.920. The van der Waals surface area contributed by atoms with Crippen LogP contribution in [0.4, 0.5) is 0 Å². The SMILES string of the molecule is C=CCCC/C=C/CN(CC=C)CC=C. The van der Waals surface area contributed by atoms with Crippen LogP contribution in [0.15, 0.2) is 50.1 Å². The molecule has 15 heavy (non-hydrogen) atoms. The van der Waals surface area contributed by atoms with E-state index in [0.717, 1.165) is 32.5 Å². The molecule has 1 nitrogen and oxygen atoms in total. The van der Waals surface area contributed by atoms with Crippen LogP contribution in [0.1, 0.15) is 19.3 Å². The van der Waals surface area contributed by atoms with Crippen molar-refractivity contribution in [3.8, 4) is 0 Å². The Morgan fingerprint density at radius 1 is 0.733 bits per heavy atom. The van der Waals surface area contributed by atoms with Gasteiger partial charge in [0.2, 0.25) is 0 Å². The van der Waals surface area contributed by atoms with E-state index in [-0.39, 0.29) is 0 Å². The van der Waals surface area contributed by atoms with Crippen molar-refractivity contribution in [3.63, 3.8) is 0 Å². The van der Waals surface area contributed by atoms with Crippen molar-refractivity contribution in [2.75, 3.05) is 19.6 Å². The monoisotopic (exact) mass is 205 g/mol. The van der Waals surface area contributed by atoms with E-state index in [1.165, 1.54) is 6.42 Å². The zero-order valence-electron chi connectivity index (χ0n) is 9.70. The summed E-state index contributed by atoms with van der Waals surface area (Å²) in [6.07, 6.45) is 13.7. The number of rotatable bonds is 10. The predicted molar refractivity (Wildman–Crippen MR) is 70.0 cm³/mol. The summed E-state index contributed by atoms with van der Waals surface area (Å²) in [6, 6.07) is 0. The van der Waals surface area contributed by atoms with E-state index >= 15 is 0 Å². The van der Waals surface area contributed by atoms with E-state index in [9.17, 15) is 0 Å². The third-order valence-electron chi connectivity index (χ3n) is 2.08. The highest BCUT2D eigenvalue weighted by molar-refractivity contribution is 4.89. The van der Waals surface area contributed by atoms with Gasteiger partial charge in [-0.2, -0.15) is 0 Å². The minimum atomic E-state index is 0.920. The molecule has 0 aliphatic rings. The summed E-state index contributed by atoms with van der Waals surface area (Å²) in [6.45, 7) is 14.0. The second-order valence-electron chi connectivity index (χ2n) is 3.49. The van der Waals surface area contributed by atoms with Crippen molar-refractivity contribution in [2.24, 2.45) is 0 Å². The summed E-state index contributed by atoms with van der Waals surface area (Å²) in [7, 11) is 0. The quantitative estimate of drug-likeness (QED) is 0.389. The first-order chi connectivity index (χ1) is 7.35. The number of nitrogens with zero attached hydrogens (tertiary/aromatic N) is 1. The van der Waals surface area contributed by atoms with Gasteiger partial charge in [-0.1, -0.05) is 30.4 Å². The number of allylic oxidation sites excluding steroid dienone is 2. The Morgan fingerprint density at radius 2 is 1.40 bits per heavy atom. The summed E-state index contributed by atoms with van der Waals surface area (Å²) < 4.78 is 0.